The van der Waals surface area contributed by atoms with E-state index in [1.54, 1.807) is 13.1 Å². The minimum absolute atomic E-state index is 0.0920. The maximum absolute atomic E-state index is 12.0. The van der Waals surface area contributed by atoms with Crippen LogP contribution in [-0.2, 0) is 14.3 Å². The van der Waals surface area contributed by atoms with E-state index in [1.165, 1.54) is 11.8 Å². The van der Waals surface area contributed by atoms with Crippen LogP contribution in [0.15, 0.2) is 18.3 Å². The topological polar surface area (TPSA) is 95.1 Å². The Bertz CT molecular complexity index is 685. The van der Waals surface area contributed by atoms with Gasteiger partial charge in [-0.2, -0.15) is 0 Å². The first-order valence-corrected chi connectivity index (χ1v) is 8.63. The quantitative estimate of drug-likeness (QED) is 0.824. The van der Waals surface area contributed by atoms with E-state index in [2.05, 4.69) is 15.2 Å². The number of carbonyl (C=O) groups excluding carboxylic acids is 3. The lowest BCUT2D eigenvalue weighted by Gasteiger charge is -2.35. The van der Waals surface area contributed by atoms with Gasteiger partial charge in [-0.3, -0.25) is 14.5 Å². The lowest BCUT2D eigenvalue weighted by Crippen LogP contribution is -2.48. The molecular weight excluding hydrogens is 338 g/mol. The van der Waals surface area contributed by atoms with Gasteiger partial charge >= 0.3 is 6.09 Å². The summed E-state index contributed by atoms with van der Waals surface area (Å²) in [4.78, 5) is 44.3. The number of hydrogen-bond acceptors (Lipinski definition) is 6. The number of aromatic nitrogens is 1. The van der Waals surface area contributed by atoms with Crippen molar-refractivity contribution in [1.29, 1.82) is 0 Å². The Labute approximate surface area is 151 Å². The third-order valence-electron chi connectivity index (χ3n) is 4.55. The molecule has 1 atom stereocenters. The SMILES string of the molecule is CC(=O)NC[C@H]1CN(c2ccc(N3CCN(C(C)=O)CC3)nc2)C(=O)O1. The van der Waals surface area contributed by atoms with Crippen molar-refractivity contribution >= 4 is 29.4 Å². The molecule has 140 valence electrons. The Hall–Kier alpha value is -2.84. The molecule has 0 aliphatic carbocycles. The number of hydrogen-bond donors (Lipinski definition) is 1. The summed E-state index contributed by atoms with van der Waals surface area (Å²) in [5, 5.41) is 2.65. The molecule has 9 nitrogen and oxygen atoms in total. The number of nitrogens with zero attached hydrogens (tertiary/aromatic N) is 4. The predicted molar refractivity (Wildman–Crippen MR) is 95.0 cm³/mol. The van der Waals surface area contributed by atoms with Crippen molar-refractivity contribution in [3.8, 4) is 0 Å². The number of nitrogens with one attached hydrogen (secondary N) is 1. The van der Waals surface area contributed by atoms with Crippen molar-refractivity contribution in [2.75, 3.05) is 49.1 Å². The van der Waals surface area contributed by atoms with Crippen LogP contribution in [0.25, 0.3) is 0 Å². The van der Waals surface area contributed by atoms with E-state index in [9.17, 15) is 14.4 Å². The Balaban J connectivity index is 1.59. The molecule has 0 radical (unpaired) electrons. The number of piperazine rings is 1. The van der Waals surface area contributed by atoms with Gasteiger partial charge in [-0.15, -0.1) is 0 Å². The molecule has 2 aliphatic heterocycles. The molecule has 3 heterocycles. The molecule has 0 saturated carbocycles. The maximum atomic E-state index is 12.0. The standard InChI is InChI=1S/C17H23N5O4/c1-12(23)18-10-15-11-22(17(25)26-15)14-3-4-16(19-9-14)21-7-5-20(6-8-21)13(2)24/h3-4,9,15H,5-8,10-11H2,1-2H3,(H,18,23)/t15-/m0/s1. The van der Waals surface area contributed by atoms with E-state index in [4.69, 9.17) is 4.74 Å². The van der Waals surface area contributed by atoms with Crippen molar-refractivity contribution in [2.45, 2.75) is 20.0 Å². The molecule has 3 rings (SSSR count). The molecule has 2 fully saturated rings. The summed E-state index contributed by atoms with van der Waals surface area (Å²) < 4.78 is 5.26. The fourth-order valence-corrected chi connectivity index (χ4v) is 3.07. The van der Waals surface area contributed by atoms with E-state index < -0.39 is 6.09 Å². The van der Waals surface area contributed by atoms with Gasteiger partial charge in [0.05, 0.1) is 25.0 Å². The second-order valence-corrected chi connectivity index (χ2v) is 6.42. The molecule has 26 heavy (non-hydrogen) atoms. The molecule has 0 unspecified atom stereocenters. The first kappa shape index (κ1) is 18.0. The Morgan fingerprint density at radius 2 is 1.96 bits per heavy atom. The van der Waals surface area contributed by atoms with Crippen LogP contribution in [0.2, 0.25) is 0 Å². The van der Waals surface area contributed by atoms with Crippen molar-refractivity contribution < 1.29 is 19.1 Å². The summed E-state index contributed by atoms with van der Waals surface area (Å²) in [5.41, 5.74) is 0.659. The number of cyclic esters (lactones) is 1. The summed E-state index contributed by atoms with van der Waals surface area (Å²) in [7, 11) is 0. The molecule has 0 aromatic carbocycles. The van der Waals surface area contributed by atoms with Gasteiger partial charge in [-0.05, 0) is 12.1 Å². The highest BCUT2D eigenvalue weighted by atomic mass is 16.6. The van der Waals surface area contributed by atoms with E-state index in [-0.39, 0.29) is 17.9 Å². The third-order valence-corrected chi connectivity index (χ3v) is 4.55. The largest absolute Gasteiger partial charge is 0.442 e. The van der Waals surface area contributed by atoms with E-state index in [1.807, 2.05) is 17.0 Å². The second-order valence-electron chi connectivity index (χ2n) is 6.42. The minimum Gasteiger partial charge on any atom is -0.442 e. The van der Waals surface area contributed by atoms with Crippen molar-refractivity contribution in [1.82, 2.24) is 15.2 Å². The zero-order valence-corrected chi connectivity index (χ0v) is 15.0. The lowest BCUT2D eigenvalue weighted by atomic mass is 10.3. The van der Waals surface area contributed by atoms with Gasteiger partial charge in [-0.1, -0.05) is 0 Å². The highest BCUT2D eigenvalue weighted by Crippen LogP contribution is 2.23. The zero-order valence-electron chi connectivity index (χ0n) is 15.0. The zero-order chi connectivity index (χ0) is 18.7. The van der Waals surface area contributed by atoms with Gasteiger partial charge < -0.3 is 19.9 Å². The van der Waals surface area contributed by atoms with Crippen LogP contribution in [0.5, 0.6) is 0 Å². The highest BCUT2D eigenvalue weighted by Gasteiger charge is 2.32. The molecule has 0 bridgehead atoms. The minimum atomic E-state index is -0.440. The summed E-state index contributed by atoms with van der Waals surface area (Å²) in [5.74, 6) is 0.754. The lowest BCUT2D eigenvalue weighted by molar-refractivity contribution is -0.129. The Morgan fingerprint density at radius 1 is 1.23 bits per heavy atom. The summed E-state index contributed by atoms with van der Waals surface area (Å²) in [6.07, 6.45) is 0.838. The van der Waals surface area contributed by atoms with Crippen molar-refractivity contribution in [2.24, 2.45) is 0 Å². The van der Waals surface area contributed by atoms with Gasteiger partial charge in [0.1, 0.15) is 11.9 Å². The second kappa shape index (κ2) is 7.59. The van der Waals surface area contributed by atoms with Gasteiger partial charge in [0.25, 0.3) is 0 Å². The average Bonchev–Trinajstić information content (AvgIpc) is 3.01. The number of rotatable bonds is 4. The van der Waals surface area contributed by atoms with Crippen LogP contribution in [-0.4, -0.2) is 73.2 Å². The maximum Gasteiger partial charge on any atom is 0.414 e. The number of amides is 3. The normalized spacial score (nSPS) is 20.2. The summed E-state index contributed by atoms with van der Waals surface area (Å²) in [6, 6.07) is 3.70. The molecule has 1 aromatic heterocycles. The third kappa shape index (κ3) is 4.04. The van der Waals surface area contributed by atoms with Crippen LogP contribution < -0.4 is 15.1 Å². The van der Waals surface area contributed by atoms with Crippen LogP contribution in [0.3, 0.4) is 0 Å². The molecule has 2 aliphatic rings. The Morgan fingerprint density at radius 3 is 2.54 bits per heavy atom. The van der Waals surface area contributed by atoms with Crippen LogP contribution >= 0.6 is 0 Å². The van der Waals surface area contributed by atoms with Crippen LogP contribution in [0.4, 0.5) is 16.3 Å². The number of ether oxygens (including phenoxy) is 1. The summed E-state index contributed by atoms with van der Waals surface area (Å²) >= 11 is 0. The fraction of sp³-hybridized carbons (Fsp3) is 0.529. The Kier molecular flexibility index (Phi) is 5.24. The van der Waals surface area contributed by atoms with Crippen LogP contribution in [0, 0.1) is 0 Å². The molecule has 9 heteroatoms. The molecule has 0 spiro atoms. The number of anilines is 2. The first-order chi connectivity index (χ1) is 12.4. The average molecular weight is 361 g/mol. The van der Waals surface area contributed by atoms with Crippen molar-refractivity contribution in [3.63, 3.8) is 0 Å². The van der Waals surface area contributed by atoms with Gasteiger partial charge in [0.2, 0.25) is 11.8 Å². The highest BCUT2D eigenvalue weighted by molar-refractivity contribution is 5.89. The molecule has 1 N–H and O–H groups in total. The van der Waals surface area contributed by atoms with E-state index >= 15 is 0 Å². The monoisotopic (exact) mass is 361 g/mol. The van der Waals surface area contributed by atoms with Gasteiger partial charge in [-0.25, -0.2) is 9.78 Å². The molecule has 2 saturated heterocycles. The fourth-order valence-electron chi connectivity index (χ4n) is 3.07. The van der Waals surface area contributed by atoms with Gasteiger partial charge in [0, 0.05) is 40.0 Å². The number of pyridine rings is 1. The van der Waals surface area contributed by atoms with Crippen LogP contribution in [0.1, 0.15) is 13.8 Å². The summed E-state index contributed by atoms with van der Waals surface area (Å²) in [6.45, 7) is 6.50. The molecule has 3 amide bonds. The molecule has 1 aromatic rings. The van der Waals surface area contributed by atoms with Crippen molar-refractivity contribution in [3.05, 3.63) is 18.3 Å². The van der Waals surface area contributed by atoms with E-state index in [0.29, 0.717) is 31.9 Å². The number of carbonyl (C=O) groups is 3. The smallest absolute Gasteiger partial charge is 0.414 e. The predicted octanol–water partition coefficient (Wildman–Crippen LogP) is 0.211. The van der Waals surface area contributed by atoms with E-state index in [0.717, 1.165) is 18.9 Å². The molecular formula is C17H23N5O4. The first-order valence-electron chi connectivity index (χ1n) is 8.63. The van der Waals surface area contributed by atoms with Gasteiger partial charge in [0.15, 0.2) is 0 Å².